The Morgan fingerprint density at radius 1 is 0.612 bits per heavy atom. The number of hydrazine groups is 1. The number of ether oxygens (including phenoxy) is 6. The number of fused-ring (bicyclic) bond motifs is 3. The van der Waals surface area contributed by atoms with Gasteiger partial charge in [-0.1, -0.05) is 24.3 Å². The van der Waals surface area contributed by atoms with E-state index in [2.05, 4.69) is 123 Å². The first-order chi connectivity index (χ1) is 56.6. The summed E-state index contributed by atoms with van der Waals surface area (Å²) in [6.07, 6.45) is 6.95. The number of hydrogen-bond donors (Lipinski definition) is 9. The summed E-state index contributed by atoms with van der Waals surface area (Å²) in [4.78, 5) is 68.8. The zero-order chi connectivity index (χ0) is 87.7. The van der Waals surface area contributed by atoms with Gasteiger partial charge in [0.25, 0.3) is 0 Å². The van der Waals surface area contributed by atoms with Gasteiger partial charge in [0, 0.05) is 147 Å². The molecule has 8 heterocycles. The average molecular weight is 1710 g/mol. The number of H-pyrrole nitrogens is 1. The number of aryl methyl sites for hydroxylation is 8. The standard InChI is InChI=1S/C24H35N5O5.C19H26N4O2.C17H19N5O.C8H12N2.C6H8N3.C6H9N3.C5H9NO3.ClH.K/c1-15-10-16(2)12-17(11-15)29-21(26-22(30)25-13-20(32-6)33-7)18-14-28(9-8-19(18)27-29)23(31)34-24(3,4)5;1-12-8-13(2)10-14(9-12)23-17(20)15-11-22(7-6-16(15)21-23)18(24)25-19(3,4)5;1-11-7-12(2)9-13(8-11)22-16(21-6-5-19-17(21)23)14-10-18-4-3-15(14)20-22;1-6-3-7(2)5-8(4-6)10-9;7-3-5-4-9-2-1-6(5)8;7-3-1-5-9-6-2-4-8;1-8-5(9-2)3-6-4-7;;/h10-12,20H,8-9,13-14H2,1-7H3,(H2,25,26,30);8-10H,6-7,11,20H2,1-5H3;5-9,18H,3-4,10H2,1-2H3,(H,19,23);3-5,10H,9H2,1-2H3;8-9H,1-2,4H2;9H,1-2,5-6H2;5H,3H2,1-2H3;1H;/q;;;;-1;;;;+1. The summed E-state index contributed by atoms with van der Waals surface area (Å²) in [5.74, 6) is 7.16. The summed E-state index contributed by atoms with van der Waals surface area (Å²) in [7, 11) is 5.97. The van der Waals surface area contributed by atoms with Crippen LogP contribution in [-0.2, 0) is 72.1 Å². The first-order valence-electron chi connectivity index (χ1n) is 39.1. The number of aromatic amines is 1. The molecule has 4 aliphatic rings. The number of nitrogen functional groups attached to an aromatic ring is 2. The topological polar surface area (TPSA) is 453 Å². The number of nitrogens with two attached hydrogens (primary N) is 2. The van der Waals surface area contributed by atoms with E-state index >= 15 is 0 Å². The third kappa shape index (κ3) is 33.0. The van der Waals surface area contributed by atoms with E-state index in [1.54, 1.807) is 36.1 Å². The number of methoxy groups -OCH3 is 4. The molecule has 36 heteroatoms. The van der Waals surface area contributed by atoms with E-state index in [1.165, 1.54) is 67.9 Å². The van der Waals surface area contributed by atoms with Crippen LogP contribution >= 0.6 is 12.4 Å². The van der Waals surface area contributed by atoms with Crippen LogP contribution in [0.25, 0.3) is 28.6 Å². The van der Waals surface area contributed by atoms with Crippen molar-refractivity contribution in [3.05, 3.63) is 191 Å². The van der Waals surface area contributed by atoms with Crippen molar-refractivity contribution in [1.29, 1.82) is 15.8 Å². The number of anilines is 3. The number of nitrogens with zero attached hydrogens (tertiary/aromatic N) is 13. The summed E-state index contributed by atoms with van der Waals surface area (Å²) in [5.41, 5.74) is 34.7. The number of isocyanates is 1. The van der Waals surface area contributed by atoms with Crippen LogP contribution in [0.2, 0.25) is 0 Å². The Hall–Kier alpha value is -10.1. The molecule has 34 nitrogen and oxygen atoms in total. The Bertz CT molecular complexity index is 4890. The van der Waals surface area contributed by atoms with Crippen molar-refractivity contribution in [1.82, 2.24) is 70.0 Å². The molecule has 0 aliphatic carbocycles. The third-order valence-corrected chi connectivity index (χ3v) is 18.1. The summed E-state index contributed by atoms with van der Waals surface area (Å²) in [5, 5.41) is 53.8. The fourth-order valence-corrected chi connectivity index (χ4v) is 12.9. The monoisotopic (exact) mass is 1710 g/mol. The molecule has 0 spiro atoms. The number of urea groups is 1. The van der Waals surface area contributed by atoms with Crippen LogP contribution in [0.1, 0.15) is 139 Å². The van der Waals surface area contributed by atoms with E-state index < -0.39 is 35.9 Å². The molecule has 0 radical (unpaired) electrons. The van der Waals surface area contributed by atoms with Crippen LogP contribution in [0.4, 0.5) is 31.7 Å². The van der Waals surface area contributed by atoms with Crippen molar-refractivity contribution in [2.24, 2.45) is 10.8 Å². The fraction of sp³-hybridized carbons (Fsp3) is 0.471. The van der Waals surface area contributed by atoms with E-state index in [9.17, 15) is 24.0 Å². The van der Waals surface area contributed by atoms with E-state index in [0.717, 1.165) is 99.5 Å². The predicted octanol–water partition coefficient (Wildman–Crippen LogP) is 8.67. The Labute approximate surface area is 758 Å². The number of nitriles is 3. The maximum absolute atomic E-state index is 12.8. The number of imidazole rings is 1. The van der Waals surface area contributed by atoms with Crippen LogP contribution < -0.4 is 101 Å². The summed E-state index contributed by atoms with van der Waals surface area (Å²) >= 11 is 0. The predicted molar refractivity (Wildman–Crippen MR) is 464 cm³/mol. The maximum Gasteiger partial charge on any atom is 1.00 e. The molecule has 0 unspecified atom stereocenters. The first-order valence-corrected chi connectivity index (χ1v) is 39.1. The van der Waals surface area contributed by atoms with Gasteiger partial charge >= 0.3 is 75.3 Å². The normalized spacial score (nSPS) is 12.9. The minimum Gasteiger partial charge on any atom is -0.701 e. The number of carbonyl (C=O) groups is 3. The number of aromatic nitrogens is 8. The fourth-order valence-electron chi connectivity index (χ4n) is 12.9. The molecule has 0 fully saturated rings. The smallest absolute Gasteiger partial charge is 0.701 e. The van der Waals surface area contributed by atoms with Gasteiger partial charge in [-0.25, -0.2) is 43.0 Å². The van der Waals surface area contributed by atoms with Gasteiger partial charge in [-0.2, -0.15) is 31.1 Å². The van der Waals surface area contributed by atoms with Crippen molar-refractivity contribution in [3.8, 4) is 41.1 Å². The molecular weight excluding hydrogens is 1590 g/mol. The third-order valence-electron chi connectivity index (χ3n) is 18.1. The van der Waals surface area contributed by atoms with E-state index in [-0.39, 0.29) is 95.2 Å². The molecule has 0 atom stereocenters. The van der Waals surface area contributed by atoms with Gasteiger partial charge in [-0.15, -0.1) is 18.1 Å². The minimum atomic E-state index is -0.596. The Kier molecular flexibility index (Phi) is 43.5. The second-order valence-electron chi connectivity index (χ2n) is 30.6. The molecule has 4 aliphatic heterocycles. The van der Waals surface area contributed by atoms with Gasteiger partial charge in [0.05, 0.1) is 72.0 Å². The van der Waals surface area contributed by atoms with Crippen LogP contribution in [-0.4, -0.2) is 184 Å². The minimum absolute atomic E-state index is 0. The number of rotatable bonds is 18. The number of hydrogen-bond acceptors (Lipinski definition) is 24. The summed E-state index contributed by atoms with van der Waals surface area (Å²) in [6, 6.07) is 30.3. The number of benzene rings is 4. The van der Waals surface area contributed by atoms with Crippen LogP contribution in [0, 0.1) is 89.4 Å². The molecular formula is C85H119ClKN23O11. The quantitative estimate of drug-likeness (QED) is 0.00737. The molecule has 12 N–H and O–H groups in total. The van der Waals surface area contributed by atoms with Gasteiger partial charge < -0.3 is 81.4 Å². The Morgan fingerprint density at radius 3 is 1.49 bits per heavy atom. The first kappa shape index (κ1) is 103. The average Bonchev–Trinajstić information content (AvgIpc) is 1.61. The molecule has 4 amide bonds. The largest absolute Gasteiger partial charge is 1.00 e. The van der Waals surface area contributed by atoms with Crippen molar-refractivity contribution in [2.75, 3.05) is 104 Å². The van der Waals surface area contributed by atoms with Gasteiger partial charge in [-0.3, -0.25) is 15.7 Å². The number of amides is 4. The molecule has 0 saturated heterocycles. The second kappa shape index (κ2) is 51.0. The van der Waals surface area contributed by atoms with Crippen LogP contribution in [0.5, 0.6) is 0 Å². The van der Waals surface area contributed by atoms with E-state index in [1.807, 2.05) is 116 Å². The molecule has 4 aromatic heterocycles. The number of nitrogens with one attached hydrogen (secondary N) is 8. The number of aliphatic imine (C=N–C) groups is 1. The molecule has 648 valence electrons. The van der Waals surface area contributed by atoms with E-state index in [4.69, 9.17) is 71.7 Å². The summed E-state index contributed by atoms with van der Waals surface area (Å²) < 4.78 is 37.8. The number of halogens is 1. The van der Waals surface area contributed by atoms with Crippen molar-refractivity contribution in [2.45, 2.75) is 179 Å². The zero-order valence-corrected chi connectivity index (χ0v) is 77.3. The van der Waals surface area contributed by atoms with Crippen LogP contribution in [0.3, 0.4) is 0 Å². The van der Waals surface area contributed by atoms with Gasteiger partial charge in [0.1, 0.15) is 35.2 Å². The van der Waals surface area contributed by atoms with Crippen molar-refractivity contribution >= 4 is 54.0 Å². The molecule has 121 heavy (non-hydrogen) atoms. The molecule has 0 saturated carbocycles. The SMILES string of the molecule is COC(CN=C=O)OC.COC(CNC(=O)Nc1c2c(nn1-c1cc(C)cc(C)c1)CCN(C(=O)OC(C)(C)C)C2)OC.Cc1cc(C)cc(-n2nc3c(c2-n2cc[nH]c2=O)CNCC3)c1.Cc1cc(C)cc(-n2nc3c(c2N)CN(C(=O)OC(C)(C)C)CC3)c1.Cc1cc(C)cc(NN)c1.Cl.N#CC1=C([NH-])CCNC1.N#CCCNCCC#N.[K+]. The molecule has 8 aromatic rings. The van der Waals surface area contributed by atoms with E-state index in [0.29, 0.717) is 94.3 Å². The summed E-state index contributed by atoms with van der Waals surface area (Å²) in [6.45, 7) is 34.1. The Morgan fingerprint density at radius 2 is 1.05 bits per heavy atom. The maximum atomic E-state index is 12.8. The van der Waals surface area contributed by atoms with Crippen molar-refractivity contribution < 1.29 is 99.0 Å². The van der Waals surface area contributed by atoms with Gasteiger partial charge in [0.2, 0.25) is 6.08 Å². The molecule has 4 aromatic carbocycles. The van der Waals surface area contributed by atoms with Crippen LogP contribution in [0.15, 0.2) is 106 Å². The number of carbonyl (C=O) groups excluding carboxylic acids is 4. The molecule has 0 bridgehead atoms. The zero-order valence-electron chi connectivity index (χ0n) is 73.3. The van der Waals surface area contributed by atoms with Gasteiger partial charge in [-0.05, 0) is 203 Å². The van der Waals surface area contributed by atoms with Gasteiger partial charge in [0.15, 0.2) is 12.6 Å². The van der Waals surface area contributed by atoms with Crippen molar-refractivity contribution in [3.63, 3.8) is 0 Å². The second-order valence-corrected chi connectivity index (χ2v) is 30.6. The Balaban J connectivity index is 0.000000316. The molecule has 12 rings (SSSR count).